The maximum absolute atomic E-state index is 14.1. The van der Waals surface area contributed by atoms with E-state index in [1.165, 1.54) is 12.1 Å². The van der Waals surface area contributed by atoms with Crippen LogP contribution in [0.25, 0.3) is 0 Å². The fourth-order valence-corrected chi connectivity index (χ4v) is 3.09. The quantitative estimate of drug-likeness (QED) is 0.924. The third kappa shape index (κ3) is 4.06. The first kappa shape index (κ1) is 17.8. The lowest BCUT2D eigenvalue weighted by Gasteiger charge is -2.41. The second-order valence-electron chi connectivity index (χ2n) is 6.64. The molecule has 0 aliphatic carbocycles. The van der Waals surface area contributed by atoms with Gasteiger partial charge >= 0.3 is 0 Å². The highest BCUT2D eigenvalue weighted by molar-refractivity contribution is 5.85. The first-order chi connectivity index (χ1) is 10.7. The van der Waals surface area contributed by atoms with Crippen molar-refractivity contribution >= 4 is 5.91 Å². The van der Waals surface area contributed by atoms with Crippen molar-refractivity contribution in [2.75, 3.05) is 26.2 Å². The first-order valence-corrected chi connectivity index (χ1v) is 8.01. The number of halogens is 2. The lowest BCUT2D eigenvalue weighted by Crippen LogP contribution is -2.57. The number of hydrogen-bond donors (Lipinski definition) is 1. The monoisotopic (exact) mass is 325 g/mol. The molecule has 1 amide bonds. The molecule has 1 aromatic rings. The van der Waals surface area contributed by atoms with Gasteiger partial charge in [0.1, 0.15) is 11.6 Å². The lowest BCUT2D eigenvalue weighted by atomic mass is 10.00. The Morgan fingerprint density at radius 1 is 1.26 bits per heavy atom. The number of benzene rings is 1. The number of nitrogens with zero attached hydrogens (tertiary/aromatic N) is 2. The van der Waals surface area contributed by atoms with Crippen LogP contribution in [0.15, 0.2) is 18.2 Å². The maximum atomic E-state index is 14.1. The Balaban J connectivity index is 2.07. The van der Waals surface area contributed by atoms with Crippen LogP contribution in [0.2, 0.25) is 0 Å². The van der Waals surface area contributed by atoms with Crippen LogP contribution in [0.5, 0.6) is 0 Å². The Morgan fingerprint density at radius 2 is 1.87 bits per heavy atom. The molecule has 1 aliphatic rings. The van der Waals surface area contributed by atoms with Gasteiger partial charge in [-0.2, -0.15) is 0 Å². The van der Waals surface area contributed by atoms with Gasteiger partial charge in [-0.25, -0.2) is 8.78 Å². The average Bonchev–Trinajstić information content (AvgIpc) is 2.49. The molecule has 0 aromatic heterocycles. The van der Waals surface area contributed by atoms with Gasteiger partial charge in [0.15, 0.2) is 0 Å². The summed E-state index contributed by atoms with van der Waals surface area (Å²) in [7, 11) is 0. The second kappa shape index (κ2) is 6.93. The molecular formula is C17H25F2N3O. The SMILES string of the molecule is CCC(c1ccc(F)cc1F)N1CCN(C(=O)C(C)(C)N)CC1. The molecule has 2 rings (SSSR count). The summed E-state index contributed by atoms with van der Waals surface area (Å²) in [5.41, 5.74) is 5.49. The van der Waals surface area contributed by atoms with E-state index < -0.39 is 17.2 Å². The van der Waals surface area contributed by atoms with Crippen molar-refractivity contribution in [3.8, 4) is 0 Å². The van der Waals surface area contributed by atoms with Gasteiger partial charge in [-0.15, -0.1) is 0 Å². The molecule has 1 heterocycles. The van der Waals surface area contributed by atoms with Gasteiger partial charge in [0.25, 0.3) is 0 Å². The van der Waals surface area contributed by atoms with Crippen LogP contribution in [0, 0.1) is 11.6 Å². The predicted octanol–water partition coefficient (Wildman–Crippen LogP) is 2.30. The number of carbonyl (C=O) groups is 1. The molecule has 0 spiro atoms. The van der Waals surface area contributed by atoms with E-state index in [1.807, 2.05) is 6.92 Å². The highest BCUT2D eigenvalue weighted by Crippen LogP contribution is 2.28. The normalized spacial score (nSPS) is 18.1. The van der Waals surface area contributed by atoms with Crippen molar-refractivity contribution < 1.29 is 13.6 Å². The van der Waals surface area contributed by atoms with Crippen molar-refractivity contribution in [1.29, 1.82) is 0 Å². The molecule has 1 unspecified atom stereocenters. The van der Waals surface area contributed by atoms with E-state index in [2.05, 4.69) is 4.90 Å². The van der Waals surface area contributed by atoms with Crippen LogP contribution in [0.3, 0.4) is 0 Å². The number of piperazine rings is 1. The standard InChI is InChI=1S/C17H25F2N3O/c1-4-15(13-6-5-12(18)11-14(13)19)21-7-9-22(10-8-21)16(23)17(2,3)20/h5-6,11,15H,4,7-10,20H2,1-3H3. The summed E-state index contributed by atoms with van der Waals surface area (Å²) < 4.78 is 27.2. The molecule has 0 radical (unpaired) electrons. The van der Waals surface area contributed by atoms with E-state index in [0.717, 1.165) is 12.5 Å². The summed E-state index contributed by atoms with van der Waals surface area (Å²) in [4.78, 5) is 16.1. The van der Waals surface area contributed by atoms with E-state index in [-0.39, 0.29) is 11.9 Å². The third-order valence-corrected chi connectivity index (χ3v) is 4.30. The van der Waals surface area contributed by atoms with E-state index in [4.69, 9.17) is 5.73 Å². The van der Waals surface area contributed by atoms with Crippen LogP contribution in [0.1, 0.15) is 38.8 Å². The number of hydrogen-bond acceptors (Lipinski definition) is 3. The second-order valence-corrected chi connectivity index (χ2v) is 6.64. The van der Waals surface area contributed by atoms with Crippen molar-refractivity contribution in [2.24, 2.45) is 5.73 Å². The smallest absolute Gasteiger partial charge is 0.242 e. The maximum Gasteiger partial charge on any atom is 0.242 e. The fourth-order valence-electron chi connectivity index (χ4n) is 3.09. The zero-order chi connectivity index (χ0) is 17.2. The Hall–Kier alpha value is -1.53. The van der Waals surface area contributed by atoms with Crippen LogP contribution in [0.4, 0.5) is 8.78 Å². The molecular weight excluding hydrogens is 300 g/mol. The minimum absolute atomic E-state index is 0.0711. The van der Waals surface area contributed by atoms with Crippen molar-refractivity contribution in [3.05, 3.63) is 35.4 Å². The third-order valence-electron chi connectivity index (χ3n) is 4.30. The summed E-state index contributed by atoms with van der Waals surface area (Å²) in [6.07, 6.45) is 0.721. The molecule has 1 aliphatic heterocycles. The summed E-state index contributed by atoms with van der Waals surface area (Å²) in [6.45, 7) is 7.81. The number of rotatable bonds is 4. The molecule has 1 aromatic carbocycles. The van der Waals surface area contributed by atoms with Gasteiger partial charge in [0.2, 0.25) is 5.91 Å². The van der Waals surface area contributed by atoms with Crippen LogP contribution >= 0.6 is 0 Å². The van der Waals surface area contributed by atoms with Crippen LogP contribution in [-0.4, -0.2) is 47.4 Å². The molecule has 1 fully saturated rings. The summed E-state index contributed by atoms with van der Waals surface area (Å²) in [5.74, 6) is -1.15. The molecule has 128 valence electrons. The van der Waals surface area contributed by atoms with Crippen molar-refractivity contribution in [3.63, 3.8) is 0 Å². The van der Waals surface area contributed by atoms with Gasteiger partial charge < -0.3 is 10.6 Å². The van der Waals surface area contributed by atoms with Gasteiger partial charge in [-0.05, 0) is 26.3 Å². The first-order valence-electron chi connectivity index (χ1n) is 8.01. The van der Waals surface area contributed by atoms with Gasteiger partial charge in [-0.3, -0.25) is 9.69 Å². The summed E-state index contributed by atoms with van der Waals surface area (Å²) in [6, 6.07) is 3.62. The number of carbonyl (C=O) groups excluding carboxylic acids is 1. The largest absolute Gasteiger partial charge is 0.339 e. The molecule has 1 atom stereocenters. The molecule has 6 heteroatoms. The average molecular weight is 325 g/mol. The Bertz CT molecular complexity index is 563. The summed E-state index contributed by atoms with van der Waals surface area (Å²) >= 11 is 0. The highest BCUT2D eigenvalue weighted by Gasteiger charge is 2.32. The molecule has 0 bridgehead atoms. The number of amides is 1. The zero-order valence-corrected chi connectivity index (χ0v) is 14.0. The molecule has 4 nitrogen and oxygen atoms in total. The zero-order valence-electron chi connectivity index (χ0n) is 14.0. The van der Waals surface area contributed by atoms with E-state index in [1.54, 1.807) is 18.7 Å². The Labute approximate surface area is 136 Å². The van der Waals surface area contributed by atoms with Crippen molar-refractivity contribution in [2.45, 2.75) is 38.8 Å². The van der Waals surface area contributed by atoms with Crippen LogP contribution in [-0.2, 0) is 4.79 Å². The Morgan fingerprint density at radius 3 is 2.35 bits per heavy atom. The summed E-state index contributed by atoms with van der Waals surface area (Å²) in [5, 5.41) is 0. The number of nitrogens with two attached hydrogens (primary N) is 1. The molecule has 2 N–H and O–H groups in total. The van der Waals surface area contributed by atoms with Crippen molar-refractivity contribution in [1.82, 2.24) is 9.80 Å². The van der Waals surface area contributed by atoms with E-state index in [0.29, 0.717) is 31.7 Å². The van der Waals surface area contributed by atoms with E-state index in [9.17, 15) is 13.6 Å². The fraction of sp³-hybridized carbons (Fsp3) is 0.588. The molecule has 1 saturated heterocycles. The Kier molecular flexibility index (Phi) is 5.37. The predicted molar refractivity (Wildman–Crippen MR) is 85.8 cm³/mol. The van der Waals surface area contributed by atoms with Gasteiger partial charge in [0.05, 0.1) is 5.54 Å². The lowest BCUT2D eigenvalue weighted by molar-refractivity contribution is -0.137. The van der Waals surface area contributed by atoms with Gasteiger partial charge in [-0.1, -0.05) is 13.0 Å². The minimum atomic E-state index is -0.880. The highest BCUT2D eigenvalue weighted by atomic mass is 19.1. The molecule has 0 saturated carbocycles. The van der Waals surface area contributed by atoms with Crippen LogP contribution < -0.4 is 5.73 Å². The van der Waals surface area contributed by atoms with E-state index >= 15 is 0 Å². The van der Waals surface area contributed by atoms with Gasteiger partial charge in [0, 0.05) is 43.9 Å². The molecule has 23 heavy (non-hydrogen) atoms. The minimum Gasteiger partial charge on any atom is -0.339 e. The topological polar surface area (TPSA) is 49.6 Å².